The number of hydrogen-bond acceptors (Lipinski definition) is 3. The van der Waals surface area contributed by atoms with Crippen molar-refractivity contribution in [3.05, 3.63) is 29.8 Å². The molecule has 2 rings (SSSR count). The monoisotopic (exact) mass is 312 g/mol. The maximum Gasteiger partial charge on any atom is 0.253 e. The molecule has 0 spiro atoms. The average Bonchev–Trinajstić information content (AvgIpc) is 2.94. The molecule has 2 unspecified atom stereocenters. The Morgan fingerprint density at radius 3 is 2.90 bits per heavy atom. The van der Waals surface area contributed by atoms with Gasteiger partial charge in [-0.25, -0.2) is 0 Å². The number of nitrogens with two attached hydrogens (primary N) is 1. The number of amides is 1. The third-order valence-electron chi connectivity index (χ3n) is 3.81. The largest absolute Gasteiger partial charge is 0.494 e. The Balaban J connectivity index is 0.00000220. The molecule has 1 aliphatic heterocycles. The molecule has 1 aromatic rings. The number of hydrogen-bond donors (Lipinski definition) is 1. The lowest BCUT2D eigenvalue weighted by molar-refractivity contribution is 0.0785. The highest BCUT2D eigenvalue weighted by Crippen LogP contribution is 2.22. The number of benzene rings is 1. The molecule has 118 valence electrons. The fourth-order valence-corrected chi connectivity index (χ4v) is 2.52. The van der Waals surface area contributed by atoms with Gasteiger partial charge in [0.05, 0.1) is 6.61 Å². The van der Waals surface area contributed by atoms with E-state index in [1.54, 1.807) is 0 Å². The molecule has 5 heteroatoms. The van der Waals surface area contributed by atoms with Crippen molar-refractivity contribution in [2.45, 2.75) is 32.7 Å². The molecule has 0 aromatic heterocycles. The molecular formula is C16H25ClN2O2. The molecule has 1 aromatic carbocycles. The maximum atomic E-state index is 12.5. The Labute approximate surface area is 133 Å². The molecule has 21 heavy (non-hydrogen) atoms. The van der Waals surface area contributed by atoms with Crippen molar-refractivity contribution in [2.24, 2.45) is 11.7 Å². The Kier molecular flexibility index (Phi) is 6.99. The van der Waals surface area contributed by atoms with Crippen LogP contribution in [0.3, 0.4) is 0 Å². The third-order valence-corrected chi connectivity index (χ3v) is 3.81. The van der Waals surface area contributed by atoms with Crippen LogP contribution in [0.2, 0.25) is 0 Å². The fourth-order valence-electron chi connectivity index (χ4n) is 2.52. The van der Waals surface area contributed by atoms with Crippen molar-refractivity contribution in [2.75, 3.05) is 19.7 Å². The van der Waals surface area contributed by atoms with Crippen LogP contribution in [0.25, 0.3) is 0 Å². The second kappa shape index (κ2) is 8.25. The summed E-state index contributed by atoms with van der Waals surface area (Å²) in [6, 6.07) is 7.59. The number of carbonyl (C=O) groups excluding carboxylic acids is 1. The minimum absolute atomic E-state index is 0. The van der Waals surface area contributed by atoms with Crippen LogP contribution >= 0.6 is 12.4 Å². The highest BCUT2D eigenvalue weighted by molar-refractivity contribution is 5.94. The van der Waals surface area contributed by atoms with Gasteiger partial charge in [0.2, 0.25) is 0 Å². The number of likely N-dealkylation sites (tertiary alicyclic amines) is 1. The second-order valence-electron chi connectivity index (χ2n) is 5.54. The van der Waals surface area contributed by atoms with Gasteiger partial charge in [-0.3, -0.25) is 4.79 Å². The van der Waals surface area contributed by atoms with Crippen molar-refractivity contribution >= 4 is 18.3 Å². The topological polar surface area (TPSA) is 55.6 Å². The van der Waals surface area contributed by atoms with E-state index in [0.29, 0.717) is 18.1 Å². The van der Waals surface area contributed by atoms with E-state index < -0.39 is 0 Å². The summed E-state index contributed by atoms with van der Waals surface area (Å²) < 4.78 is 5.58. The van der Waals surface area contributed by atoms with Gasteiger partial charge in [0.1, 0.15) is 5.75 Å². The predicted molar refractivity (Wildman–Crippen MR) is 87.1 cm³/mol. The van der Waals surface area contributed by atoms with E-state index in [1.807, 2.05) is 36.1 Å². The zero-order chi connectivity index (χ0) is 14.5. The van der Waals surface area contributed by atoms with E-state index in [2.05, 4.69) is 6.92 Å². The number of nitrogens with zero attached hydrogens (tertiary/aromatic N) is 1. The SMILES string of the molecule is CCCOc1cccc(C(=O)N2CCC(C(C)N)C2)c1.Cl. The summed E-state index contributed by atoms with van der Waals surface area (Å²) in [4.78, 5) is 14.4. The van der Waals surface area contributed by atoms with Crippen LogP contribution in [0, 0.1) is 5.92 Å². The van der Waals surface area contributed by atoms with Gasteiger partial charge in [-0.05, 0) is 43.9 Å². The quantitative estimate of drug-likeness (QED) is 0.909. The molecule has 1 amide bonds. The van der Waals surface area contributed by atoms with E-state index in [0.717, 1.165) is 31.7 Å². The van der Waals surface area contributed by atoms with Gasteiger partial charge in [0.25, 0.3) is 5.91 Å². The van der Waals surface area contributed by atoms with E-state index in [9.17, 15) is 4.79 Å². The minimum atomic E-state index is 0. The molecule has 0 saturated carbocycles. The van der Waals surface area contributed by atoms with Gasteiger partial charge in [-0.2, -0.15) is 0 Å². The van der Waals surface area contributed by atoms with Crippen LogP contribution in [-0.4, -0.2) is 36.5 Å². The first-order valence-corrected chi connectivity index (χ1v) is 7.39. The van der Waals surface area contributed by atoms with Crippen LogP contribution in [0.5, 0.6) is 5.75 Å². The van der Waals surface area contributed by atoms with Gasteiger partial charge in [-0.15, -0.1) is 12.4 Å². The van der Waals surface area contributed by atoms with Crippen LogP contribution in [0.15, 0.2) is 24.3 Å². The van der Waals surface area contributed by atoms with Crippen molar-refractivity contribution < 1.29 is 9.53 Å². The van der Waals surface area contributed by atoms with Crippen molar-refractivity contribution in [3.8, 4) is 5.75 Å². The molecule has 1 heterocycles. The third kappa shape index (κ3) is 4.61. The normalized spacial score (nSPS) is 19.0. The molecule has 0 aliphatic carbocycles. The smallest absolute Gasteiger partial charge is 0.253 e. The number of halogens is 1. The first-order valence-electron chi connectivity index (χ1n) is 7.39. The van der Waals surface area contributed by atoms with E-state index in [-0.39, 0.29) is 24.4 Å². The molecule has 4 nitrogen and oxygen atoms in total. The van der Waals surface area contributed by atoms with Crippen LogP contribution in [0.4, 0.5) is 0 Å². The van der Waals surface area contributed by atoms with Gasteiger partial charge >= 0.3 is 0 Å². The molecule has 2 atom stereocenters. The summed E-state index contributed by atoms with van der Waals surface area (Å²) in [5.41, 5.74) is 6.62. The Morgan fingerprint density at radius 1 is 1.52 bits per heavy atom. The molecule has 2 N–H and O–H groups in total. The first kappa shape index (κ1) is 17.8. The standard InChI is InChI=1S/C16H24N2O2.ClH/c1-3-9-20-15-6-4-5-13(10-15)16(19)18-8-7-14(11-18)12(2)17;/h4-6,10,12,14H,3,7-9,11,17H2,1-2H3;1H. The molecular weight excluding hydrogens is 288 g/mol. The minimum Gasteiger partial charge on any atom is -0.494 e. The average molecular weight is 313 g/mol. The Bertz CT molecular complexity index is 465. The summed E-state index contributed by atoms with van der Waals surface area (Å²) in [5.74, 6) is 1.26. The second-order valence-corrected chi connectivity index (χ2v) is 5.54. The molecule has 0 radical (unpaired) electrons. The predicted octanol–water partition coefficient (Wildman–Crippen LogP) is 2.71. The lowest BCUT2D eigenvalue weighted by atomic mass is 10.0. The van der Waals surface area contributed by atoms with E-state index in [4.69, 9.17) is 10.5 Å². The van der Waals surface area contributed by atoms with E-state index >= 15 is 0 Å². The Hall–Kier alpha value is -1.26. The highest BCUT2D eigenvalue weighted by Gasteiger charge is 2.28. The first-order chi connectivity index (χ1) is 9.61. The molecule has 1 saturated heterocycles. The van der Waals surface area contributed by atoms with Gasteiger partial charge in [-0.1, -0.05) is 13.0 Å². The van der Waals surface area contributed by atoms with Crippen LogP contribution in [-0.2, 0) is 0 Å². The summed E-state index contributed by atoms with van der Waals surface area (Å²) in [6.45, 7) is 6.31. The lowest BCUT2D eigenvalue weighted by Crippen LogP contribution is -2.33. The van der Waals surface area contributed by atoms with E-state index in [1.165, 1.54) is 0 Å². The van der Waals surface area contributed by atoms with Crippen LogP contribution in [0.1, 0.15) is 37.0 Å². The lowest BCUT2D eigenvalue weighted by Gasteiger charge is -2.18. The summed E-state index contributed by atoms with van der Waals surface area (Å²) in [7, 11) is 0. The summed E-state index contributed by atoms with van der Waals surface area (Å²) in [6.07, 6.45) is 1.95. The summed E-state index contributed by atoms with van der Waals surface area (Å²) in [5, 5.41) is 0. The highest BCUT2D eigenvalue weighted by atomic mass is 35.5. The van der Waals surface area contributed by atoms with Gasteiger partial charge in [0.15, 0.2) is 0 Å². The fraction of sp³-hybridized carbons (Fsp3) is 0.562. The molecule has 0 bridgehead atoms. The van der Waals surface area contributed by atoms with Gasteiger partial charge < -0.3 is 15.4 Å². The van der Waals surface area contributed by atoms with Crippen molar-refractivity contribution in [1.29, 1.82) is 0 Å². The zero-order valence-electron chi connectivity index (χ0n) is 12.7. The molecule has 1 aliphatic rings. The molecule has 1 fully saturated rings. The van der Waals surface area contributed by atoms with Crippen molar-refractivity contribution in [1.82, 2.24) is 4.90 Å². The number of ether oxygens (including phenoxy) is 1. The maximum absolute atomic E-state index is 12.5. The number of rotatable bonds is 5. The van der Waals surface area contributed by atoms with Crippen LogP contribution < -0.4 is 10.5 Å². The zero-order valence-corrected chi connectivity index (χ0v) is 13.6. The Morgan fingerprint density at radius 2 is 2.29 bits per heavy atom. The van der Waals surface area contributed by atoms with Gasteiger partial charge in [0, 0.05) is 24.7 Å². The number of carbonyl (C=O) groups is 1. The van der Waals surface area contributed by atoms with Crippen molar-refractivity contribution in [3.63, 3.8) is 0 Å². The summed E-state index contributed by atoms with van der Waals surface area (Å²) >= 11 is 0.